The van der Waals surface area contributed by atoms with Crippen molar-refractivity contribution < 1.29 is 9.53 Å². The number of nitrogens with one attached hydrogen (secondary N) is 1. The lowest BCUT2D eigenvalue weighted by atomic mass is 10.3. The van der Waals surface area contributed by atoms with Crippen molar-refractivity contribution in [2.24, 2.45) is 0 Å². The van der Waals surface area contributed by atoms with Crippen LogP contribution in [0.1, 0.15) is 0 Å². The second-order valence-electron chi connectivity index (χ2n) is 3.97. The van der Waals surface area contributed by atoms with Crippen molar-refractivity contribution in [1.29, 1.82) is 0 Å². The molecular weight excluding hydrogens is 258 g/mol. The molecule has 3 rings (SSSR count). The fourth-order valence-corrected chi connectivity index (χ4v) is 2.62. The van der Waals surface area contributed by atoms with E-state index in [0.717, 1.165) is 10.6 Å². The maximum absolute atomic E-state index is 11.8. The molecule has 2 aromatic rings. The summed E-state index contributed by atoms with van der Waals surface area (Å²) in [5, 5.41) is 3.39. The van der Waals surface area contributed by atoms with Crippen LogP contribution in [0.5, 0.6) is 5.75 Å². The van der Waals surface area contributed by atoms with Crippen molar-refractivity contribution in [3.63, 3.8) is 0 Å². The Morgan fingerprint density at radius 3 is 2.53 bits per heavy atom. The van der Waals surface area contributed by atoms with Crippen LogP contribution in [0.25, 0.3) is 0 Å². The predicted octanol–water partition coefficient (Wildman–Crippen LogP) is 3.65. The van der Waals surface area contributed by atoms with Crippen LogP contribution < -0.4 is 10.1 Å². The van der Waals surface area contributed by atoms with Gasteiger partial charge in [-0.2, -0.15) is 0 Å². The standard InChI is InChI=1S/C15H11NO2S/c17-14-10-15(18-11-6-2-1-3-7-11)19-13-9-5-4-8-12(13)16-14/h1-10H,(H,16,17). The quantitative estimate of drug-likeness (QED) is 0.904. The van der Waals surface area contributed by atoms with E-state index in [1.165, 1.54) is 17.8 Å². The second kappa shape index (κ2) is 5.20. The number of rotatable bonds is 2. The topological polar surface area (TPSA) is 38.3 Å². The molecule has 0 aromatic heterocycles. The molecule has 3 nitrogen and oxygen atoms in total. The third-order valence-corrected chi connectivity index (χ3v) is 3.54. The van der Waals surface area contributed by atoms with Crippen LogP contribution in [-0.4, -0.2) is 5.91 Å². The largest absolute Gasteiger partial charge is 0.450 e. The van der Waals surface area contributed by atoms with Gasteiger partial charge in [-0.1, -0.05) is 30.3 Å². The zero-order valence-corrected chi connectivity index (χ0v) is 10.8. The Hall–Kier alpha value is -2.20. The Morgan fingerprint density at radius 1 is 0.947 bits per heavy atom. The number of thioether (sulfide) groups is 1. The Labute approximate surface area is 115 Å². The Kier molecular flexibility index (Phi) is 3.25. The number of para-hydroxylation sites is 2. The van der Waals surface area contributed by atoms with Crippen LogP contribution in [0, 0.1) is 0 Å². The fraction of sp³-hybridized carbons (Fsp3) is 0. The predicted molar refractivity (Wildman–Crippen MR) is 76.1 cm³/mol. The van der Waals surface area contributed by atoms with Crippen molar-refractivity contribution in [3.05, 3.63) is 65.8 Å². The van der Waals surface area contributed by atoms with Gasteiger partial charge in [0.15, 0.2) is 5.09 Å². The summed E-state index contributed by atoms with van der Waals surface area (Å²) in [6, 6.07) is 17.1. The summed E-state index contributed by atoms with van der Waals surface area (Å²) in [6.45, 7) is 0. The smallest absolute Gasteiger partial charge is 0.252 e. The van der Waals surface area contributed by atoms with E-state index in [2.05, 4.69) is 5.32 Å². The number of fused-ring (bicyclic) bond motifs is 1. The number of benzene rings is 2. The minimum absolute atomic E-state index is 0.177. The number of carbonyl (C=O) groups excluding carboxylic acids is 1. The third-order valence-electron chi connectivity index (χ3n) is 2.57. The molecule has 0 spiro atoms. The molecule has 0 saturated carbocycles. The maximum Gasteiger partial charge on any atom is 0.252 e. The summed E-state index contributed by atoms with van der Waals surface area (Å²) < 4.78 is 5.73. The molecule has 0 saturated heterocycles. The Balaban J connectivity index is 1.88. The zero-order chi connectivity index (χ0) is 13.1. The molecule has 0 bridgehead atoms. The van der Waals surface area contributed by atoms with Crippen LogP contribution in [0.2, 0.25) is 0 Å². The van der Waals surface area contributed by atoms with Gasteiger partial charge in [0.1, 0.15) is 5.75 Å². The van der Waals surface area contributed by atoms with Crippen LogP contribution in [-0.2, 0) is 4.79 Å². The van der Waals surface area contributed by atoms with Gasteiger partial charge in [0.2, 0.25) is 0 Å². The third kappa shape index (κ3) is 2.80. The minimum atomic E-state index is -0.177. The molecule has 0 unspecified atom stereocenters. The first-order valence-corrected chi connectivity index (χ1v) is 6.65. The molecule has 19 heavy (non-hydrogen) atoms. The van der Waals surface area contributed by atoms with E-state index in [1.807, 2.05) is 54.6 Å². The molecule has 0 aliphatic carbocycles. The number of hydrogen-bond acceptors (Lipinski definition) is 3. The Morgan fingerprint density at radius 2 is 1.68 bits per heavy atom. The van der Waals surface area contributed by atoms with E-state index >= 15 is 0 Å². The Bertz CT molecular complexity index is 638. The van der Waals surface area contributed by atoms with Crippen molar-refractivity contribution >= 4 is 23.4 Å². The first-order chi connectivity index (χ1) is 9.31. The molecule has 0 atom stereocenters. The SMILES string of the molecule is O=C1C=C(Oc2ccccc2)Sc2ccccc2N1. The van der Waals surface area contributed by atoms with Gasteiger partial charge in [-0.05, 0) is 36.0 Å². The molecule has 0 fully saturated rings. The van der Waals surface area contributed by atoms with Crippen LogP contribution in [0.15, 0.2) is 70.7 Å². The molecule has 0 radical (unpaired) electrons. The van der Waals surface area contributed by atoms with Crippen LogP contribution in [0.3, 0.4) is 0 Å². The van der Waals surface area contributed by atoms with Gasteiger partial charge in [0, 0.05) is 4.90 Å². The van der Waals surface area contributed by atoms with E-state index < -0.39 is 0 Å². The second-order valence-corrected chi connectivity index (χ2v) is 5.01. The summed E-state index contributed by atoms with van der Waals surface area (Å²) in [4.78, 5) is 12.7. The minimum Gasteiger partial charge on any atom is -0.450 e. The number of amides is 1. The normalized spacial score (nSPS) is 13.9. The maximum atomic E-state index is 11.8. The summed E-state index contributed by atoms with van der Waals surface area (Å²) in [7, 11) is 0. The molecule has 1 heterocycles. The molecule has 4 heteroatoms. The molecule has 1 aliphatic rings. The molecule has 1 N–H and O–H groups in total. The van der Waals surface area contributed by atoms with Gasteiger partial charge < -0.3 is 10.1 Å². The van der Waals surface area contributed by atoms with E-state index in [0.29, 0.717) is 10.8 Å². The number of hydrogen-bond donors (Lipinski definition) is 1. The van der Waals surface area contributed by atoms with Gasteiger partial charge >= 0.3 is 0 Å². The highest BCUT2D eigenvalue weighted by molar-refractivity contribution is 8.03. The van der Waals surface area contributed by atoms with Gasteiger partial charge in [-0.3, -0.25) is 4.79 Å². The summed E-state index contributed by atoms with van der Waals surface area (Å²) in [6.07, 6.45) is 1.47. The first-order valence-electron chi connectivity index (χ1n) is 5.84. The summed E-state index contributed by atoms with van der Waals surface area (Å²) in [5.74, 6) is 0.539. The van der Waals surface area contributed by atoms with Crippen molar-refractivity contribution in [1.82, 2.24) is 0 Å². The van der Waals surface area contributed by atoms with Gasteiger partial charge in [-0.15, -0.1) is 0 Å². The fourth-order valence-electron chi connectivity index (χ4n) is 1.73. The number of carbonyl (C=O) groups is 1. The van der Waals surface area contributed by atoms with Crippen LogP contribution >= 0.6 is 11.8 Å². The summed E-state index contributed by atoms with van der Waals surface area (Å²) in [5.41, 5.74) is 0.806. The lowest BCUT2D eigenvalue weighted by molar-refractivity contribution is -0.112. The van der Waals surface area contributed by atoms with E-state index in [9.17, 15) is 4.79 Å². The van der Waals surface area contributed by atoms with Gasteiger partial charge in [0.25, 0.3) is 5.91 Å². The van der Waals surface area contributed by atoms with Crippen molar-refractivity contribution in [2.75, 3.05) is 5.32 Å². The highest BCUT2D eigenvalue weighted by Crippen LogP contribution is 2.35. The average Bonchev–Trinajstić information content (AvgIpc) is 2.57. The molecule has 1 aliphatic heterocycles. The first kappa shape index (κ1) is 11.9. The monoisotopic (exact) mass is 269 g/mol. The zero-order valence-electron chi connectivity index (χ0n) is 10.00. The molecular formula is C15H11NO2S. The summed E-state index contributed by atoms with van der Waals surface area (Å²) >= 11 is 1.43. The average molecular weight is 269 g/mol. The van der Waals surface area contributed by atoms with Crippen LogP contribution in [0.4, 0.5) is 5.69 Å². The molecule has 2 aromatic carbocycles. The lowest BCUT2D eigenvalue weighted by Gasteiger charge is -2.08. The highest BCUT2D eigenvalue weighted by Gasteiger charge is 2.15. The van der Waals surface area contributed by atoms with E-state index in [4.69, 9.17) is 4.74 Å². The van der Waals surface area contributed by atoms with Crippen molar-refractivity contribution in [2.45, 2.75) is 4.90 Å². The van der Waals surface area contributed by atoms with Crippen molar-refractivity contribution in [3.8, 4) is 5.75 Å². The molecule has 94 valence electrons. The highest BCUT2D eigenvalue weighted by atomic mass is 32.2. The molecule has 1 amide bonds. The van der Waals surface area contributed by atoms with E-state index in [-0.39, 0.29) is 5.91 Å². The number of ether oxygens (including phenoxy) is 1. The van der Waals surface area contributed by atoms with Gasteiger partial charge in [0.05, 0.1) is 11.8 Å². The lowest BCUT2D eigenvalue weighted by Crippen LogP contribution is -2.07. The van der Waals surface area contributed by atoms with Gasteiger partial charge in [-0.25, -0.2) is 0 Å². The number of anilines is 1. The van der Waals surface area contributed by atoms with E-state index in [1.54, 1.807) is 0 Å².